The van der Waals surface area contributed by atoms with Crippen LogP contribution in [0.4, 0.5) is 13.2 Å². The lowest BCUT2D eigenvalue weighted by molar-refractivity contribution is -0.0501. The van der Waals surface area contributed by atoms with Gasteiger partial charge in [-0.1, -0.05) is 0 Å². The van der Waals surface area contributed by atoms with E-state index in [2.05, 4.69) is 14.2 Å². The van der Waals surface area contributed by atoms with Crippen LogP contribution in [0.5, 0.6) is 5.88 Å². The second-order valence-corrected chi connectivity index (χ2v) is 5.08. The Labute approximate surface area is 94.8 Å². The third-order valence-electron chi connectivity index (χ3n) is 2.14. The van der Waals surface area contributed by atoms with Crippen molar-refractivity contribution in [3.63, 3.8) is 0 Å². The topological polar surface area (TPSA) is 69.2 Å². The van der Waals surface area contributed by atoms with Crippen molar-refractivity contribution in [2.75, 3.05) is 0 Å². The van der Waals surface area contributed by atoms with Gasteiger partial charge >= 0.3 is 15.6 Å². The van der Waals surface area contributed by atoms with Crippen LogP contribution < -0.4 is 4.18 Å². The summed E-state index contributed by atoms with van der Waals surface area (Å²) in [7, 11) is -5.66. The third kappa shape index (κ3) is 2.65. The molecule has 0 radical (unpaired) electrons. The summed E-state index contributed by atoms with van der Waals surface area (Å²) >= 11 is 0. The van der Waals surface area contributed by atoms with Gasteiger partial charge in [-0.2, -0.15) is 21.6 Å². The van der Waals surface area contributed by atoms with Crippen molar-refractivity contribution < 1.29 is 25.8 Å². The summed E-state index contributed by atoms with van der Waals surface area (Å²) in [6, 6.07) is 1.11. The zero-order valence-corrected chi connectivity index (χ0v) is 9.12. The molecule has 5 nitrogen and oxygen atoms in total. The van der Waals surface area contributed by atoms with Crippen molar-refractivity contribution >= 4 is 10.1 Å². The lowest BCUT2D eigenvalue weighted by Gasteiger charge is -2.08. The molecular formula is C8H7F3N2O3S. The minimum Gasteiger partial charge on any atom is -0.355 e. The van der Waals surface area contributed by atoms with Gasteiger partial charge in [-0.05, 0) is 12.8 Å². The minimum absolute atomic E-state index is 0.161. The van der Waals surface area contributed by atoms with Crippen molar-refractivity contribution in [2.24, 2.45) is 0 Å². The fraction of sp³-hybridized carbons (Fsp3) is 0.500. The Morgan fingerprint density at radius 1 is 1.29 bits per heavy atom. The van der Waals surface area contributed by atoms with Gasteiger partial charge in [-0.25, -0.2) is 9.97 Å². The van der Waals surface area contributed by atoms with Gasteiger partial charge in [0.1, 0.15) is 6.33 Å². The lowest BCUT2D eigenvalue weighted by atomic mass is 10.3. The van der Waals surface area contributed by atoms with E-state index in [0.29, 0.717) is 5.69 Å². The largest absolute Gasteiger partial charge is 0.534 e. The standard InChI is InChI=1S/C8H7F3N2O3S/c9-8(10,11)17(14,15)16-7-3-6(5-1-2-5)12-4-13-7/h3-5H,1-2H2. The summed E-state index contributed by atoms with van der Waals surface area (Å²) in [5, 5.41) is 0. The molecule has 1 fully saturated rings. The van der Waals surface area contributed by atoms with E-state index >= 15 is 0 Å². The molecule has 94 valence electrons. The summed E-state index contributed by atoms with van der Waals surface area (Å²) in [6.07, 6.45) is 2.74. The van der Waals surface area contributed by atoms with Gasteiger partial charge in [-0.3, -0.25) is 0 Å². The summed E-state index contributed by atoms with van der Waals surface area (Å²) in [5.41, 5.74) is -4.97. The van der Waals surface area contributed by atoms with Gasteiger partial charge in [-0.15, -0.1) is 0 Å². The van der Waals surface area contributed by atoms with Crippen LogP contribution in [0.25, 0.3) is 0 Å². The first kappa shape index (κ1) is 12.1. The van der Waals surface area contributed by atoms with Gasteiger partial charge in [0.2, 0.25) is 5.88 Å². The van der Waals surface area contributed by atoms with Crippen LogP contribution in [-0.2, 0) is 10.1 Å². The smallest absolute Gasteiger partial charge is 0.355 e. The molecular weight excluding hydrogens is 261 g/mol. The van der Waals surface area contributed by atoms with Gasteiger partial charge in [0.05, 0.1) is 5.69 Å². The molecule has 1 aromatic heterocycles. The fourth-order valence-electron chi connectivity index (χ4n) is 1.16. The molecule has 17 heavy (non-hydrogen) atoms. The molecule has 0 aromatic carbocycles. The van der Waals surface area contributed by atoms with Crippen LogP contribution >= 0.6 is 0 Å². The molecule has 1 heterocycles. The Morgan fingerprint density at radius 3 is 2.47 bits per heavy atom. The third-order valence-corrected chi connectivity index (χ3v) is 3.09. The highest BCUT2D eigenvalue weighted by atomic mass is 32.2. The SMILES string of the molecule is O=S(=O)(Oc1cc(C2CC2)ncn1)C(F)(F)F. The molecule has 0 spiro atoms. The van der Waals surface area contributed by atoms with E-state index in [1.54, 1.807) is 0 Å². The zero-order chi connectivity index (χ0) is 12.7. The van der Waals surface area contributed by atoms with Crippen molar-refractivity contribution in [1.82, 2.24) is 9.97 Å². The van der Waals surface area contributed by atoms with Crippen LogP contribution in [0.15, 0.2) is 12.4 Å². The number of aromatic nitrogens is 2. The number of nitrogens with zero attached hydrogens (tertiary/aromatic N) is 2. The number of hydrogen-bond acceptors (Lipinski definition) is 5. The molecule has 0 unspecified atom stereocenters. The predicted molar refractivity (Wildman–Crippen MR) is 49.6 cm³/mol. The monoisotopic (exact) mass is 268 g/mol. The molecule has 0 atom stereocenters. The Morgan fingerprint density at radius 2 is 1.94 bits per heavy atom. The second kappa shape index (κ2) is 3.83. The quantitative estimate of drug-likeness (QED) is 0.615. The molecule has 0 saturated heterocycles. The highest BCUT2D eigenvalue weighted by molar-refractivity contribution is 7.87. The summed E-state index contributed by atoms with van der Waals surface area (Å²) in [4.78, 5) is 7.16. The zero-order valence-electron chi connectivity index (χ0n) is 8.31. The van der Waals surface area contributed by atoms with E-state index in [1.807, 2.05) is 0 Å². The van der Waals surface area contributed by atoms with Gasteiger partial charge in [0.15, 0.2) is 0 Å². The maximum absolute atomic E-state index is 12.0. The predicted octanol–water partition coefficient (Wildman–Crippen LogP) is 1.58. The van der Waals surface area contributed by atoms with E-state index in [1.165, 1.54) is 0 Å². The summed E-state index contributed by atoms with van der Waals surface area (Å²) < 4.78 is 61.4. The van der Waals surface area contributed by atoms with E-state index < -0.39 is 21.5 Å². The molecule has 0 amide bonds. The minimum atomic E-state index is -5.66. The molecule has 1 aliphatic carbocycles. The number of hydrogen-bond donors (Lipinski definition) is 0. The van der Waals surface area contributed by atoms with Crippen LogP contribution in [0.3, 0.4) is 0 Å². The highest BCUT2D eigenvalue weighted by Gasteiger charge is 2.49. The van der Waals surface area contributed by atoms with Crippen molar-refractivity contribution in [3.8, 4) is 5.88 Å². The normalized spacial score (nSPS) is 16.9. The molecule has 1 saturated carbocycles. The van der Waals surface area contributed by atoms with E-state index in [-0.39, 0.29) is 5.92 Å². The summed E-state index contributed by atoms with van der Waals surface area (Å²) in [5.74, 6) is -0.451. The van der Waals surface area contributed by atoms with Gasteiger partial charge in [0.25, 0.3) is 0 Å². The lowest BCUT2D eigenvalue weighted by Crippen LogP contribution is -2.28. The molecule has 0 N–H and O–H groups in total. The average molecular weight is 268 g/mol. The van der Waals surface area contributed by atoms with E-state index in [0.717, 1.165) is 25.2 Å². The first-order valence-corrected chi connectivity index (χ1v) is 6.03. The number of alkyl halides is 3. The molecule has 2 rings (SSSR count). The number of halogens is 3. The Bertz CT molecular complexity index is 525. The first-order chi connectivity index (χ1) is 7.79. The summed E-state index contributed by atoms with van der Waals surface area (Å²) in [6.45, 7) is 0. The molecule has 1 aromatic rings. The average Bonchev–Trinajstić information content (AvgIpc) is 2.98. The Balaban J connectivity index is 2.21. The van der Waals surface area contributed by atoms with E-state index in [4.69, 9.17) is 0 Å². The second-order valence-electron chi connectivity index (χ2n) is 3.54. The van der Waals surface area contributed by atoms with Crippen molar-refractivity contribution in [2.45, 2.75) is 24.3 Å². The van der Waals surface area contributed by atoms with Gasteiger partial charge < -0.3 is 4.18 Å². The maximum Gasteiger partial charge on any atom is 0.534 e. The molecule has 0 bridgehead atoms. The molecule has 0 aliphatic heterocycles. The number of rotatable bonds is 3. The highest BCUT2D eigenvalue weighted by Crippen LogP contribution is 2.39. The van der Waals surface area contributed by atoms with Crippen molar-refractivity contribution in [1.29, 1.82) is 0 Å². The fourth-order valence-corrected chi connectivity index (χ4v) is 1.57. The molecule has 9 heteroatoms. The Kier molecular flexibility index (Phi) is 2.72. The van der Waals surface area contributed by atoms with Gasteiger partial charge in [0, 0.05) is 12.0 Å². The van der Waals surface area contributed by atoms with Crippen molar-refractivity contribution in [3.05, 3.63) is 18.1 Å². The van der Waals surface area contributed by atoms with E-state index in [9.17, 15) is 21.6 Å². The van der Waals surface area contributed by atoms with Crippen LogP contribution in [-0.4, -0.2) is 23.9 Å². The molecule has 1 aliphatic rings. The van der Waals surface area contributed by atoms with Crippen LogP contribution in [0, 0.1) is 0 Å². The van der Waals surface area contributed by atoms with Crippen LogP contribution in [0.2, 0.25) is 0 Å². The first-order valence-electron chi connectivity index (χ1n) is 4.62. The van der Waals surface area contributed by atoms with Crippen LogP contribution in [0.1, 0.15) is 24.5 Å². The Hall–Kier alpha value is -1.38. The maximum atomic E-state index is 12.0.